The highest BCUT2D eigenvalue weighted by atomic mass is 79.9. The zero-order valence-electron chi connectivity index (χ0n) is 8.95. The Morgan fingerprint density at radius 1 is 1.28 bits per heavy atom. The number of benzene rings is 1. The second-order valence-electron chi connectivity index (χ2n) is 3.39. The van der Waals surface area contributed by atoms with E-state index in [4.69, 9.17) is 27.9 Å². The molecule has 0 aliphatic rings. The molecule has 0 N–H and O–H groups in total. The number of halogens is 3. The molecule has 2 aromatic rings. The van der Waals surface area contributed by atoms with E-state index in [0.717, 1.165) is 3.79 Å². The van der Waals surface area contributed by atoms with Gasteiger partial charge in [0.1, 0.15) is 5.75 Å². The van der Waals surface area contributed by atoms with Crippen LogP contribution in [0, 0.1) is 0 Å². The molecule has 0 saturated carbocycles. The lowest BCUT2D eigenvalue weighted by molar-refractivity contribution is 0.0925. The van der Waals surface area contributed by atoms with Crippen molar-refractivity contribution in [1.29, 1.82) is 0 Å². The van der Waals surface area contributed by atoms with Gasteiger partial charge in [-0.05, 0) is 40.2 Å². The van der Waals surface area contributed by atoms with Crippen molar-refractivity contribution in [1.82, 2.24) is 0 Å². The minimum atomic E-state index is -0.0956. The average molecular weight is 366 g/mol. The molecule has 18 heavy (non-hydrogen) atoms. The summed E-state index contributed by atoms with van der Waals surface area (Å²) in [6.45, 7) is -0.0625. The smallest absolute Gasteiger partial charge is 0.210 e. The molecule has 1 heterocycles. The van der Waals surface area contributed by atoms with E-state index in [1.807, 2.05) is 6.07 Å². The van der Waals surface area contributed by atoms with Crippen molar-refractivity contribution in [3.63, 3.8) is 0 Å². The maximum atomic E-state index is 11.8. The Bertz CT molecular complexity index is 583. The number of Topliss-reactive ketones (excluding diaryl/α,β-unsaturated/α-hetero) is 1. The maximum Gasteiger partial charge on any atom is 0.210 e. The first kappa shape index (κ1) is 13.9. The molecular formula is C12H7BrCl2O2S. The lowest BCUT2D eigenvalue weighted by Crippen LogP contribution is -2.10. The standard InChI is InChI=1S/C12H7BrCl2O2S/c13-12-4-3-11(18-12)9(16)6-17-10-5-7(14)1-2-8(10)15/h1-5H,6H2. The summed E-state index contributed by atoms with van der Waals surface area (Å²) < 4.78 is 6.28. The summed E-state index contributed by atoms with van der Waals surface area (Å²) in [7, 11) is 0. The van der Waals surface area contributed by atoms with Crippen LogP contribution >= 0.6 is 50.5 Å². The summed E-state index contributed by atoms with van der Waals surface area (Å²) in [6, 6.07) is 8.45. The quantitative estimate of drug-likeness (QED) is 0.706. The SMILES string of the molecule is O=C(COc1cc(Cl)ccc1Cl)c1ccc(Br)s1. The maximum absolute atomic E-state index is 11.8. The number of hydrogen-bond donors (Lipinski definition) is 0. The molecule has 94 valence electrons. The number of ether oxygens (including phenoxy) is 1. The van der Waals surface area contributed by atoms with Crippen LogP contribution in [-0.2, 0) is 0 Å². The lowest BCUT2D eigenvalue weighted by Gasteiger charge is -2.06. The topological polar surface area (TPSA) is 26.3 Å². The molecule has 0 fully saturated rings. The third kappa shape index (κ3) is 3.48. The largest absolute Gasteiger partial charge is 0.484 e. The van der Waals surface area contributed by atoms with E-state index in [9.17, 15) is 4.79 Å². The van der Waals surface area contributed by atoms with Gasteiger partial charge in [0, 0.05) is 11.1 Å². The Labute approximate surface area is 127 Å². The summed E-state index contributed by atoms with van der Waals surface area (Å²) in [5.74, 6) is 0.315. The summed E-state index contributed by atoms with van der Waals surface area (Å²) >= 11 is 16.4. The van der Waals surface area contributed by atoms with Crippen molar-refractivity contribution in [3.05, 3.63) is 49.0 Å². The molecule has 0 aliphatic carbocycles. The predicted octanol–water partition coefficient (Wildman–Crippen LogP) is 5.08. The minimum Gasteiger partial charge on any atom is -0.484 e. The molecule has 0 unspecified atom stereocenters. The number of carbonyl (C=O) groups excluding carboxylic acids is 1. The zero-order chi connectivity index (χ0) is 13.1. The van der Waals surface area contributed by atoms with Gasteiger partial charge in [0.05, 0.1) is 13.7 Å². The number of ketones is 1. The molecule has 1 aromatic heterocycles. The highest BCUT2D eigenvalue weighted by Gasteiger charge is 2.11. The molecule has 0 atom stereocenters. The Kier molecular flexibility index (Phi) is 4.67. The molecule has 1 aromatic carbocycles. The zero-order valence-corrected chi connectivity index (χ0v) is 12.9. The van der Waals surface area contributed by atoms with Gasteiger partial charge in [0.25, 0.3) is 0 Å². The molecule has 0 aliphatic heterocycles. The summed E-state index contributed by atoms with van der Waals surface area (Å²) in [6.07, 6.45) is 0. The Morgan fingerprint density at radius 2 is 2.06 bits per heavy atom. The molecule has 0 amide bonds. The first-order valence-corrected chi connectivity index (χ1v) is 7.29. The van der Waals surface area contributed by atoms with Gasteiger partial charge in [-0.2, -0.15) is 0 Å². The second-order valence-corrected chi connectivity index (χ2v) is 6.70. The first-order valence-electron chi connectivity index (χ1n) is 4.92. The predicted molar refractivity (Wildman–Crippen MR) is 78.3 cm³/mol. The molecule has 0 radical (unpaired) electrons. The van der Waals surface area contributed by atoms with Gasteiger partial charge in [-0.1, -0.05) is 23.2 Å². The van der Waals surface area contributed by atoms with E-state index in [1.54, 1.807) is 24.3 Å². The Hall–Kier alpha value is -0.550. The molecule has 0 saturated heterocycles. The van der Waals surface area contributed by atoms with Crippen LogP contribution in [0.1, 0.15) is 9.67 Å². The van der Waals surface area contributed by atoms with Crippen molar-refractivity contribution in [2.75, 3.05) is 6.61 Å². The second kappa shape index (κ2) is 6.06. The molecule has 2 rings (SSSR count). The minimum absolute atomic E-state index is 0.0625. The van der Waals surface area contributed by atoms with Gasteiger partial charge in [-0.25, -0.2) is 0 Å². The molecule has 0 spiro atoms. The van der Waals surface area contributed by atoms with Gasteiger partial charge in [0.15, 0.2) is 6.61 Å². The van der Waals surface area contributed by atoms with Crippen molar-refractivity contribution >= 4 is 56.3 Å². The van der Waals surface area contributed by atoms with E-state index in [-0.39, 0.29) is 12.4 Å². The van der Waals surface area contributed by atoms with E-state index >= 15 is 0 Å². The van der Waals surface area contributed by atoms with Crippen LogP contribution in [-0.4, -0.2) is 12.4 Å². The Balaban J connectivity index is 2.03. The number of carbonyl (C=O) groups is 1. The van der Waals surface area contributed by atoms with Crippen LogP contribution in [0.3, 0.4) is 0 Å². The summed E-state index contributed by atoms with van der Waals surface area (Å²) in [4.78, 5) is 12.5. The van der Waals surface area contributed by atoms with Crippen LogP contribution in [0.2, 0.25) is 10.0 Å². The highest BCUT2D eigenvalue weighted by Crippen LogP contribution is 2.28. The van der Waals surface area contributed by atoms with Gasteiger partial charge in [0.2, 0.25) is 5.78 Å². The summed E-state index contributed by atoms with van der Waals surface area (Å²) in [5, 5.41) is 0.945. The van der Waals surface area contributed by atoms with Crippen molar-refractivity contribution in [3.8, 4) is 5.75 Å². The monoisotopic (exact) mass is 364 g/mol. The van der Waals surface area contributed by atoms with Crippen LogP contribution in [0.15, 0.2) is 34.1 Å². The fourth-order valence-corrected chi connectivity index (χ4v) is 2.91. The molecule has 2 nitrogen and oxygen atoms in total. The molecule has 0 bridgehead atoms. The van der Waals surface area contributed by atoms with Crippen LogP contribution in [0.25, 0.3) is 0 Å². The third-order valence-electron chi connectivity index (χ3n) is 2.10. The summed E-state index contributed by atoms with van der Waals surface area (Å²) in [5.41, 5.74) is 0. The normalized spacial score (nSPS) is 10.4. The van der Waals surface area contributed by atoms with Crippen molar-refractivity contribution in [2.24, 2.45) is 0 Å². The Morgan fingerprint density at radius 3 is 2.72 bits per heavy atom. The molecule has 6 heteroatoms. The number of rotatable bonds is 4. The van der Waals surface area contributed by atoms with Gasteiger partial charge < -0.3 is 4.74 Å². The van der Waals surface area contributed by atoms with Crippen LogP contribution in [0.5, 0.6) is 5.75 Å². The molecular weight excluding hydrogens is 359 g/mol. The van der Waals surface area contributed by atoms with Crippen LogP contribution < -0.4 is 4.74 Å². The first-order chi connectivity index (χ1) is 8.56. The highest BCUT2D eigenvalue weighted by molar-refractivity contribution is 9.11. The van der Waals surface area contributed by atoms with Gasteiger partial charge >= 0.3 is 0 Å². The van der Waals surface area contributed by atoms with Crippen LogP contribution in [0.4, 0.5) is 0 Å². The third-order valence-corrected chi connectivity index (χ3v) is 4.31. The van der Waals surface area contributed by atoms with Gasteiger partial charge in [-0.15, -0.1) is 11.3 Å². The van der Waals surface area contributed by atoms with E-state index in [0.29, 0.717) is 20.7 Å². The number of thiophene rings is 1. The van der Waals surface area contributed by atoms with Crippen molar-refractivity contribution < 1.29 is 9.53 Å². The number of hydrogen-bond acceptors (Lipinski definition) is 3. The van der Waals surface area contributed by atoms with Gasteiger partial charge in [-0.3, -0.25) is 4.79 Å². The van der Waals surface area contributed by atoms with E-state index in [2.05, 4.69) is 15.9 Å². The lowest BCUT2D eigenvalue weighted by atomic mass is 10.3. The van der Waals surface area contributed by atoms with E-state index < -0.39 is 0 Å². The fourth-order valence-electron chi connectivity index (χ4n) is 1.27. The van der Waals surface area contributed by atoms with E-state index in [1.165, 1.54) is 11.3 Å². The fraction of sp³-hybridized carbons (Fsp3) is 0.0833. The van der Waals surface area contributed by atoms with Crippen molar-refractivity contribution in [2.45, 2.75) is 0 Å². The average Bonchev–Trinajstić information content (AvgIpc) is 2.77.